The Morgan fingerprint density at radius 2 is 1.08 bits per heavy atom. The van der Waals surface area contributed by atoms with Gasteiger partial charge in [-0.15, -0.1) is 0 Å². The van der Waals surface area contributed by atoms with Crippen molar-refractivity contribution in [2.75, 3.05) is 39.6 Å². The molecule has 0 amide bonds. The standard InChI is InChI=1S/C15H24O9/c1-12(16)2-4-14(19)23-10-8-21-6-7-22-9-11-24-15(20)5-3-13(17)18/h2-11H2,1H3,(H,17,18). The van der Waals surface area contributed by atoms with Crippen LogP contribution >= 0.6 is 0 Å². The maximum absolute atomic E-state index is 11.2. The van der Waals surface area contributed by atoms with Crippen LogP contribution in [0.2, 0.25) is 0 Å². The quantitative estimate of drug-likeness (QED) is 0.329. The highest BCUT2D eigenvalue weighted by Crippen LogP contribution is 1.94. The largest absolute Gasteiger partial charge is 0.481 e. The molecule has 0 aliphatic heterocycles. The smallest absolute Gasteiger partial charge is 0.306 e. The Hall–Kier alpha value is -2.00. The van der Waals surface area contributed by atoms with E-state index < -0.39 is 17.9 Å². The fourth-order valence-electron chi connectivity index (χ4n) is 1.38. The van der Waals surface area contributed by atoms with Gasteiger partial charge in [0, 0.05) is 6.42 Å². The average Bonchev–Trinajstić information content (AvgIpc) is 2.52. The number of hydrogen-bond acceptors (Lipinski definition) is 8. The van der Waals surface area contributed by atoms with Gasteiger partial charge in [0.25, 0.3) is 0 Å². The maximum atomic E-state index is 11.2. The van der Waals surface area contributed by atoms with E-state index in [-0.39, 0.29) is 71.1 Å². The monoisotopic (exact) mass is 348 g/mol. The summed E-state index contributed by atoms with van der Waals surface area (Å²) in [6.45, 7) is 2.54. The maximum Gasteiger partial charge on any atom is 0.306 e. The van der Waals surface area contributed by atoms with Crippen molar-refractivity contribution in [1.82, 2.24) is 0 Å². The van der Waals surface area contributed by atoms with E-state index in [9.17, 15) is 19.2 Å². The van der Waals surface area contributed by atoms with E-state index >= 15 is 0 Å². The van der Waals surface area contributed by atoms with E-state index in [1.807, 2.05) is 0 Å². The second-order valence-electron chi connectivity index (χ2n) is 4.76. The predicted octanol–water partition coefficient (Wildman–Crippen LogP) is 0.340. The van der Waals surface area contributed by atoms with E-state index in [1.54, 1.807) is 0 Å². The number of aliphatic carboxylic acids is 1. The van der Waals surface area contributed by atoms with Crippen LogP contribution in [0.25, 0.3) is 0 Å². The number of hydrogen-bond donors (Lipinski definition) is 1. The van der Waals surface area contributed by atoms with Crippen LogP contribution in [0.15, 0.2) is 0 Å². The molecular formula is C15H24O9. The molecule has 0 aliphatic rings. The Labute approximate surface area is 140 Å². The van der Waals surface area contributed by atoms with Crippen LogP contribution in [0.3, 0.4) is 0 Å². The molecule has 0 atom stereocenters. The molecule has 1 N–H and O–H groups in total. The lowest BCUT2D eigenvalue weighted by Crippen LogP contribution is -2.15. The molecule has 0 radical (unpaired) electrons. The van der Waals surface area contributed by atoms with Crippen LogP contribution in [-0.4, -0.2) is 68.4 Å². The first-order valence-electron chi connectivity index (χ1n) is 7.59. The molecule has 0 aromatic heterocycles. The van der Waals surface area contributed by atoms with Gasteiger partial charge in [0.15, 0.2) is 0 Å². The number of carbonyl (C=O) groups is 4. The SMILES string of the molecule is CC(=O)CCC(=O)OCCOCCOCCOC(=O)CCC(=O)O. The number of ether oxygens (including phenoxy) is 4. The van der Waals surface area contributed by atoms with Crippen molar-refractivity contribution in [2.45, 2.75) is 32.6 Å². The highest BCUT2D eigenvalue weighted by molar-refractivity contribution is 5.80. The summed E-state index contributed by atoms with van der Waals surface area (Å²) in [4.78, 5) is 43.1. The third kappa shape index (κ3) is 16.4. The summed E-state index contributed by atoms with van der Waals surface area (Å²) in [7, 11) is 0. The van der Waals surface area contributed by atoms with Crippen LogP contribution in [0.4, 0.5) is 0 Å². The number of carbonyl (C=O) groups excluding carboxylic acids is 3. The van der Waals surface area contributed by atoms with Crippen LogP contribution in [0.1, 0.15) is 32.6 Å². The second kappa shape index (κ2) is 14.6. The summed E-state index contributed by atoms with van der Waals surface area (Å²) < 4.78 is 19.9. The fourth-order valence-corrected chi connectivity index (χ4v) is 1.38. The summed E-state index contributed by atoms with van der Waals surface area (Å²) in [5.41, 5.74) is 0. The molecule has 0 aromatic rings. The zero-order chi connectivity index (χ0) is 18.2. The molecule has 0 fully saturated rings. The van der Waals surface area contributed by atoms with Crippen LogP contribution in [-0.2, 0) is 38.1 Å². The van der Waals surface area contributed by atoms with Gasteiger partial charge in [-0.05, 0) is 6.92 Å². The first kappa shape index (κ1) is 22.0. The van der Waals surface area contributed by atoms with E-state index in [0.717, 1.165) is 0 Å². The summed E-state index contributed by atoms with van der Waals surface area (Å²) in [6, 6.07) is 0. The summed E-state index contributed by atoms with van der Waals surface area (Å²) >= 11 is 0. The minimum absolute atomic E-state index is 0.0478. The average molecular weight is 348 g/mol. The lowest BCUT2D eigenvalue weighted by Gasteiger charge is -2.07. The predicted molar refractivity (Wildman–Crippen MR) is 80.3 cm³/mol. The van der Waals surface area contributed by atoms with Crippen molar-refractivity contribution in [3.8, 4) is 0 Å². The number of Topliss-reactive ketones (excluding diaryl/α,β-unsaturated/α-hetero) is 1. The van der Waals surface area contributed by atoms with Gasteiger partial charge < -0.3 is 28.8 Å². The Morgan fingerprint density at radius 1 is 0.667 bits per heavy atom. The van der Waals surface area contributed by atoms with Gasteiger partial charge in [0.1, 0.15) is 19.0 Å². The van der Waals surface area contributed by atoms with Gasteiger partial charge in [0.05, 0.1) is 45.7 Å². The topological polar surface area (TPSA) is 125 Å². The van der Waals surface area contributed by atoms with Crippen molar-refractivity contribution in [2.24, 2.45) is 0 Å². The van der Waals surface area contributed by atoms with Gasteiger partial charge in [-0.3, -0.25) is 14.4 Å². The molecule has 138 valence electrons. The number of esters is 2. The zero-order valence-corrected chi connectivity index (χ0v) is 13.8. The van der Waals surface area contributed by atoms with Gasteiger partial charge in [-0.25, -0.2) is 0 Å². The Kier molecular flexibility index (Phi) is 13.4. The van der Waals surface area contributed by atoms with Crippen LogP contribution in [0.5, 0.6) is 0 Å². The molecule has 0 aromatic carbocycles. The van der Waals surface area contributed by atoms with E-state index in [2.05, 4.69) is 0 Å². The minimum Gasteiger partial charge on any atom is -0.481 e. The molecule has 0 rings (SSSR count). The third-order valence-electron chi connectivity index (χ3n) is 2.58. The fraction of sp³-hybridized carbons (Fsp3) is 0.733. The van der Waals surface area contributed by atoms with Gasteiger partial charge >= 0.3 is 17.9 Å². The third-order valence-corrected chi connectivity index (χ3v) is 2.58. The lowest BCUT2D eigenvalue weighted by atomic mass is 10.2. The van der Waals surface area contributed by atoms with Crippen molar-refractivity contribution in [3.05, 3.63) is 0 Å². The minimum atomic E-state index is -1.05. The molecule has 0 saturated carbocycles. The normalized spacial score (nSPS) is 10.2. The summed E-state index contributed by atoms with van der Waals surface area (Å²) in [6.07, 6.45) is -0.172. The van der Waals surface area contributed by atoms with Crippen molar-refractivity contribution in [3.63, 3.8) is 0 Å². The van der Waals surface area contributed by atoms with Crippen molar-refractivity contribution in [1.29, 1.82) is 0 Å². The molecule has 0 unspecified atom stereocenters. The number of rotatable bonds is 15. The molecule has 9 heteroatoms. The van der Waals surface area contributed by atoms with Gasteiger partial charge in [-0.2, -0.15) is 0 Å². The summed E-state index contributed by atoms with van der Waals surface area (Å²) in [5.74, 6) is -2.13. The molecule has 0 aliphatic carbocycles. The van der Waals surface area contributed by atoms with Gasteiger partial charge in [0.2, 0.25) is 0 Å². The number of carboxylic acids is 1. The van der Waals surface area contributed by atoms with E-state index in [0.29, 0.717) is 0 Å². The molecular weight excluding hydrogens is 324 g/mol. The van der Waals surface area contributed by atoms with E-state index in [1.165, 1.54) is 6.92 Å². The molecule has 0 saturated heterocycles. The number of carboxylic acid groups (broad SMARTS) is 1. The first-order chi connectivity index (χ1) is 11.4. The first-order valence-corrected chi connectivity index (χ1v) is 7.59. The Morgan fingerprint density at radius 3 is 1.50 bits per heavy atom. The summed E-state index contributed by atoms with van der Waals surface area (Å²) in [5, 5.41) is 8.38. The lowest BCUT2D eigenvalue weighted by molar-refractivity contribution is -0.149. The van der Waals surface area contributed by atoms with Gasteiger partial charge in [-0.1, -0.05) is 0 Å². The number of ketones is 1. The zero-order valence-electron chi connectivity index (χ0n) is 13.8. The van der Waals surface area contributed by atoms with Crippen molar-refractivity contribution < 1.29 is 43.2 Å². The molecule has 24 heavy (non-hydrogen) atoms. The highest BCUT2D eigenvalue weighted by atomic mass is 16.6. The van der Waals surface area contributed by atoms with E-state index in [4.69, 9.17) is 24.1 Å². The molecule has 0 heterocycles. The van der Waals surface area contributed by atoms with Crippen LogP contribution in [0, 0.1) is 0 Å². The Balaban J connectivity index is 3.28. The van der Waals surface area contributed by atoms with Crippen LogP contribution < -0.4 is 0 Å². The second-order valence-corrected chi connectivity index (χ2v) is 4.76. The molecule has 9 nitrogen and oxygen atoms in total. The highest BCUT2D eigenvalue weighted by Gasteiger charge is 2.06. The molecule has 0 bridgehead atoms. The molecule has 0 spiro atoms. The van der Waals surface area contributed by atoms with Crippen molar-refractivity contribution >= 4 is 23.7 Å². The Bertz CT molecular complexity index is 368.